The Bertz CT molecular complexity index is 636. The van der Waals surface area contributed by atoms with Gasteiger partial charge in [-0.15, -0.1) is 0 Å². The molecule has 130 valence electrons. The van der Waals surface area contributed by atoms with Crippen LogP contribution in [-0.2, 0) is 19.2 Å². The Morgan fingerprint density at radius 3 is 2.58 bits per heavy atom. The van der Waals surface area contributed by atoms with E-state index >= 15 is 0 Å². The highest BCUT2D eigenvalue weighted by Crippen LogP contribution is 2.16. The van der Waals surface area contributed by atoms with Gasteiger partial charge < -0.3 is 31.2 Å². The zero-order valence-electron chi connectivity index (χ0n) is 12.5. The van der Waals surface area contributed by atoms with Crippen LogP contribution in [0.2, 0.25) is 0 Å². The van der Waals surface area contributed by atoms with Crippen molar-refractivity contribution in [3.05, 3.63) is 23.4 Å². The number of primary amides is 1. The average Bonchev–Trinajstić information content (AvgIpc) is 2.49. The normalized spacial score (nSPS) is 20.2. The molecule has 0 unspecified atom stereocenters. The molecule has 1 amide bonds. The molecule has 0 bridgehead atoms. The van der Waals surface area contributed by atoms with E-state index in [9.17, 15) is 24.3 Å². The Morgan fingerprint density at radius 2 is 2.08 bits per heavy atom. The van der Waals surface area contributed by atoms with Gasteiger partial charge in [0.15, 0.2) is 0 Å². The maximum atomic E-state index is 11.0. The van der Waals surface area contributed by atoms with E-state index < -0.39 is 35.9 Å². The van der Waals surface area contributed by atoms with Gasteiger partial charge in [-0.25, -0.2) is 9.59 Å². The van der Waals surface area contributed by atoms with Crippen LogP contribution in [0, 0.1) is 0 Å². The number of allylic oxidation sites excluding steroid dienone is 2. The average molecular weight is 338 g/mol. The van der Waals surface area contributed by atoms with Gasteiger partial charge in [-0.2, -0.15) is 0 Å². The Morgan fingerprint density at radius 1 is 1.42 bits per heavy atom. The van der Waals surface area contributed by atoms with Crippen LogP contribution >= 0.6 is 0 Å². The second-order valence-corrected chi connectivity index (χ2v) is 4.98. The van der Waals surface area contributed by atoms with Gasteiger partial charge in [-0.05, 0) is 24.1 Å². The molecule has 0 spiro atoms. The van der Waals surface area contributed by atoms with Crippen LogP contribution in [0.4, 0.5) is 0 Å². The van der Waals surface area contributed by atoms with E-state index in [0.717, 1.165) is 6.21 Å². The van der Waals surface area contributed by atoms with Gasteiger partial charge in [0.25, 0.3) is 0 Å². The first kappa shape index (κ1) is 18.9. The fraction of sp³-hybridized carbons (Fsp3) is 0.357. The zero-order chi connectivity index (χ0) is 18.3. The van der Waals surface area contributed by atoms with Crippen LogP contribution in [0.1, 0.15) is 19.3 Å². The molecule has 2 atom stereocenters. The molecule has 0 aromatic rings. The summed E-state index contributed by atoms with van der Waals surface area (Å²) in [4.78, 5) is 47.3. The third-order valence-electron chi connectivity index (χ3n) is 3.12. The van der Waals surface area contributed by atoms with Crippen molar-refractivity contribution in [3.8, 4) is 0 Å². The van der Waals surface area contributed by atoms with E-state index in [4.69, 9.17) is 15.9 Å². The summed E-state index contributed by atoms with van der Waals surface area (Å²) in [6.07, 6.45) is 3.32. The molecular formula is C14H16N3O7-. The van der Waals surface area contributed by atoms with E-state index in [1.165, 1.54) is 12.2 Å². The molecule has 0 fully saturated rings. The maximum absolute atomic E-state index is 11.0. The fourth-order valence-corrected chi connectivity index (χ4v) is 1.92. The maximum Gasteiger partial charge on any atom is 0.351 e. The lowest BCUT2D eigenvalue weighted by atomic mass is 10.00. The number of aliphatic imine (C=N–C) groups is 1. The molecule has 10 nitrogen and oxygen atoms in total. The lowest BCUT2D eigenvalue weighted by Gasteiger charge is -2.21. The number of nitrogens with two attached hydrogens (primary N) is 1. The molecule has 1 rings (SSSR count). The van der Waals surface area contributed by atoms with Crippen molar-refractivity contribution in [2.24, 2.45) is 10.7 Å². The number of amides is 1. The highest BCUT2D eigenvalue weighted by atomic mass is 16.4. The van der Waals surface area contributed by atoms with E-state index in [2.05, 4.69) is 10.3 Å². The smallest absolute Gasteiger partial charge is 0.351 e. The predicted octanol–water partition coefficient (Wildman–Crippen LogP) is -2.22. The number of rotatable bonds is 8. The number of carbonyl (C=O) groups excluding carboxylic acids is 2. The summed E-state index contributed by atoms with van der Waals surface area (Å²) >= 11 is 0. The molecule has 0 radical (unpaired) electrons. The van der Waals surface area contributed by atoms with Gasteiger partial charge in [0, 0.05) is 19.1 Å². The summed E-state index contributed by atoms with van der Waals surface area (Å²) in [7, 11) is 0. The molecule has 24 heavy (non-hydrogen) atoms. The second kappa shape index (κ2) is 8.46. The van der Waals surface area contributed by atoms with Crippen LogP contribution in [0.3, 0.4) is 0 Å². The first-order valence-electron chi connectivity index (χ1n) is 6.86. The minimum atomic E-state index is -1.48. The molecule has 0 saturated heterocycles. The predicted molar refractivity (Wildman–Crippen MR) is 78.7 cm³/mol. The standard InChI is InChI=1S/C14H17N3O7/c15-11(18)2-1-8(12(19)20)16-4-3-7-5-9(13(21)22)17-10(6-7)14(23)24/h3-5,8,10,17H,1-2,6H2,(H2,15,18)(H,19,20)(H,21,22)(H,23,24)/p-1/b7-3-,16-4?/t8-,10-/m0/s1. The number of carboxylic acids is 3. The number of carboxylic acid groups (broad SMARTS) is 3. The fourth-order valence-electron chi connectivity index (χ4n) is 1.92. The van der Waals surface area contributed by atoms with Crippen molar-refractivity contribution in [1.82, 2.24) is 5.32 Å². The third kappa shape index (κ3) is 5.91. The minimum Gasteiger partial charge on any atom is -0.548 e. The Hall–Kier alpha value is -3.17. The summed E-state index contributed by atoms with van der Waals surface area (Å²) in [5.74, 6) is -4.70. The van der Waals surface area contributed by atoms with E-state index in [0.29, 0.717) is 5.57 Å². The lowest BCUT2D eigenvalue weighted by Crippen LogP contribution is -2.41. The van der Waals surface area contributed by atoms with Crippen LogP contribution in [0.15, 0.2) is 28.4 Å². The first-order valence-corrected chi connectivity index (χ1v) is 6.86. The lowest BCUT2D eigenvalue weighted by molar-refractivity contribution is -0.307. The van der Waals surface area contributed by atoms with Crippen molar-refractivity contribution >= 4 is 30.0 Å². The summed E-state index contributed by atoms with van der Waals surface area (Å²) in [5.41, 5.74) is 4.98. The Kier molecular flexibility index (Phi) is 6.65. The Labute approximate surface area is 136 Å². The topological polar surface area (TPSA) is 182 Å². The summed E-state index contributed by atoms with van der Waals surface area (Å²) < 4.78 is 0. The number of carbonyl (C=O) groups is 4. The monoisotopic (exact) mass is 338 g/mol. The van der Waals surface area contributed by atoms with Gasteiger partial charge >= 0.3 is 11.9 Å². The van der Waals surface area contributed by atoms with E-state index in [1.54, 1.807) is 0 Å². The van der Waals surface area contributed by atoms with Gasteiger partial charge in [0.1, 0.15) is 11.7 Å². The molecule has 0 aromatic carbocycles. The van der Waals surface area contributed by atoms with Crippen LogP contribution < -0.4 is 16.2 Å². The summed E-state index contributed by atoms with van der Waals surface area (Å²) in [6, 6.07) is -2.40. The molecule has 1 aliphatic rings. The zero-order valence-corrected chi connectivity index (χ0v) is 12.5. The number of aliphatic carboxylic acids is 3. The van der Waals surface area contributed by atoms with Gasteiger partial charge in [0.05, 0.1) is 12.0 Å². The number of nitrogens with one attached hydrogen (secondary N) is 1. The molecule has 10 heteroatoms. The third-order valence-corrected chi connectivity index (χ3v) is 3.12. The van der Waals surface area contributed by atoms with Crippen LogP contribution in [0.5, 0.6) is 0 Å². The summed E-state index contributed by atoms with van der Waals surface area (Å²) in [6.45, 7) is 0. The van der Waals surface area contributed by atoms with E-state index in [-0.39, 0.29) is 25.0 Å². The van der Waals surface area contributed by atoms with Crippen molar-refractivity contribution in [1.29, 1.82) is 0 Å². The van der Waals surface area contributed by atoms with Crippen molar-refractivity contribution < 1.29 is 34.5 Å². The van der Waals surface area contributed by atoms with Crippen molar-refractivity contribution in [2.75, 3.05) is 0 Å². The molecular weight excluding hydrogens is 322 g/mol. The van der Waals surface area contributed by atoms with Gasteiger partial charge in [-0.1, -0.05) is 0 Å². The second-order valence-electron chi connectivity index (χ2n) is 4.98. The highest BCUT2D eigenvalue weighted by molar-refractivity contribution is 5.89. The SMILES string of the molecule is NC(=O)CC[C@H](N=C/C=C1/C=C(C(=O)O)N[C@H](C(=O)O)C1)C(=O)[O-]. The number of hydrogen-bond donors (Lipinski definition) is 4. The van der Waals surface area contributed by atoms with Crippen molar-refractivity contribution in [2.45, 2.75) is 31.3 Å². The number of hydrogen-bond acceptors (Lipinski definition) is 7. The minimum absolute atomic E-state index is 0.00456. The van der Waals surface area contributed by atoms with Crippen LogP contribution in [0.25, 0.3) is 0 Å². The molecule has 0 aromatic heterocycles. The van der Waals surface area contributed by atoms with Crippen LogP contribution in [-0.4, -0.2) is 52.3 Å². The molecule has 1 aliphatic heterocycles. The molecule has 0 saturated carbocycles. The molecule has 0 aliphatic carbocycles. The quantitative estimate of drug-likeness (QED) is 0.359. The number of nitrogens with zero attached hydrogens (tertiary/aromatic N) is 1. The van der Waals surface area contributed by atoms with Gasteiger partial charge in [0.2, 0.25) is 5.91 Å². The summed E-state index contributed by atoms with van der Waals surface area (Å²) in [5, 5.41) is 31.2. The first-order chi connectivity index (χ1) is 11.2. The van der Waals surface area contributed by atoms with Crippen molar-refractivity contribution in [3.63, 3.8) is 0 Å². The molecule has 5 N–H and O–H groups in total. The van der Waals surface area contributed by atoms with E-state index in [1.807, 2.05) is 0 Å². The Balaban J connectivity index is 2.90. The molecule has 1 heterocycles. The highest BCUT2D eigenvalue weighted by Gasteiger charge is 2.26. The largest absolute Gasteiger partial charge is 0.548 e. The van der Waals surface area contributed by atoms with Gasteiger partial charge in [-0.3, -0.25) is 9.79 Å².